The van der Waals surface area contributed by atoms with Gasteiger partial charge in [0.25, 0.3) is 0 Å². The maximum atomic E-state index is 11.9. The Morgan fingerprint density at radius 3 is 2.30 bits per heavy atom. The van der Waals surface area contributed by atoms with Crippen LogP contribution in [0.3, 0.4) is 0 Å². The average molecular weight is 330 g/mol. The normalized spacial score (nSPS) is 10.3. The molecule has 0 aliphatic carbocycles. The molecule has 0 radical (unpaired) electrons. The quantitative estimate of drug-likeness (QED) is 0.549. The van der Waals surface area contributed by atoms with Crippen molar-refractivity contribution in [3.8, 4) is 5.75 Å². The van der Waals surface area contributed by atoms with Crippen molar-refractivity contribution in [2.24, 2.45) is 0 Å². The summed E-state index contributed by atoms with van der Waals surface area (Å²) in [6.07, 6.45) is 0.264. The number of benzene rings is 2. The Labute approximate surface area is 132 Å². The molecule has 0 saturated heterocycles. The molecule has 20 heavy (non-hydrogen) atoms. The van der Waals surface area contributed by atoms with Crippen molar-refractivity contribution < 1.29 is 9.53 Å². The van der Waals surface area contributed by atoms with Crippen molar-refractivity contribution in [1.82, 2.24) is 0 Å². The lowest BCUT2D eigenvalue weighted by atomic mass is 10.1. The van der Waals surface area contributed by atoms with E-state index < -0.39 is 0 Å². The zero-order chi connectivity index (χ0) is 14.5. The molecule has 0 aromatic heterocycles. The Morgan fingerprint density at radius 1 is 0.950 bits per heavy atom. The predicted octanol–water partition coefficient (Wildman–Crippen LogP) is 5.30. The summed E-state index contributed by atoms with van der Waals surface area (Å²) in [6, 6.07) is 12.1. The van der Waals surface area contributed by atoms with Crippen LogP contribution in [0.15, 0.2) is 42.5 Å². The second-order valence-electron chi connectivity index (χ2n) is 4.08. The summed E-state index contributed by atoms with van der Waals surface area (Å²) < 4.78 is 5.47. The van der Waals surface area contributed by atoms with E-state index in [1.54, 1.807) is 18.2 Å². The fourth-order valence-electron chi connectivity index (χ4n) is 1.64. The summed E-state index contributed by atoms with van der Waals surface area (Å²) in [6.45, 7) is 0.228. The van der Waals surface area contributed by atoms with E-state index in [1.165, 1.54) is 6.07 Å². The van der Waals surface area contributed by atoms with E-state index in [4.69, 9.17) is 39.5 Å². The number of Topliss-reactive ketones (excluding diaryl/α,β-unsaturated/α-hetero) is 1. The highest BCUT2D eigenvalue weighted by Gasteiger charge is 2.09. The number of carbonyl (C=O) groups is 1. The Morgan fingerprint density at radius 2 is 1.60 bits per heavy atom. The molecule has 5 heteroatoms. The van der Waals surface area contributed by atoms with E-state index in [2.05, 4.69) is 0 Å². The molecule has 0 N–H and O–H groups in total. The lowest BCUT2D eigenvalue weighted by Gasteiger charge is -2.09. The Kier molecular flexibility index (Phi) is 5.30. The zero-order valence-electron chi connectivity index (χ0n) is 10.4. The van der Waals surface area contributed by atoms with Gasteiger partial charge in [-0.3, -0.25) is 4.79 Å². The molecular formula is C15H11Cl3O2. The molecule has 2 nitrogen and oxygen atoms in total. The molecule has 0 saturated carbocycles. The first-order valence-corrected chi connectivity index (χ1v) is 7.07. The summed E-state index contributed by atoms with van der Waals surface area (Å²) >= 11 is 17.7. The summed E-state index contributed by atoms with van der Waals surface area (Å²) in [7, 11) is 0. The van der Waals surface area contributed by atoms with E-state index in [0.29, 0.717) is 26.4 Å². The van der Waals surface area contributed by atoms with Crippen LogP contribution in [0.2, 0.25) is 15.1 Å². The third-order valence-corrected chi connectivity index (χ3v) is 3.67. The second kappa shape index (κ2) is 6.98. The highest BCUT2D eigenvalue weighted by Crippen LogP contribution is 2.33. The van der Waals surface area contributed by atoms with Crippen molar-refractivity contribution in [2.75, 3.05) is 6.61 Å². The molecule has 0 heterocycles. The largest absolute Gasteiger partial charge is 0.491 e. The molecule has 0 amide bonds. The van der Waals surface area contributed by atoms with Crippen LogP contribution in [-0.4, -0.2) is 12.4 Å². The van der Waals surface area contributed by atoms with Gasteiger partial charge < -0.3 is 4.74 Å². The number of carbonyl (C=O) groups excluding carboxylic acids is 1. The molecule has 0 spiro atoms. The zero-order valence-corrected chi connectivity index (χ0v) is 12.7. The van der Waals surface area contributed by atoms with Gasteiger partial charge in [0.15, 0.2) is 5.78 Å². The number of hydrogen-bond donors (Lipinski definition) is 0. The number of ether oxygens (including phenoxy) is 1. The van der Waals surface area contributed by atoms with Gasteiger partial charge >= 0.3 is 0 Å². The van der Waals surface area contributed by atoms with Gasteiger partial charge in [0, 0.05) is 18.1 Å². The number of halogens is 3. The monoisotopic (exact) mass is 328 g/mol. The van der Waals surface area contributed by atoms with Crippen molar-refractivity contribution in [3.63, 3.8) is 0 Å². The van der Waals surface area contributed by atoms with Crippen LogP contribution in [0.5, 0.6) is 5.75 Å². The Balaban J connectivity index is 1.94. The number of hydrogen-bond acceptors (Lipinski definition) is 2. The van der Waals surface area contributed by atoms with E-state index in [-0.39, 0.29) is 18.8 Å². The van der Waals surface area contributed by atoms with Gasteiger partial charge in [-0.05, 0) is 6.07 Å². The van der Waals surface area contributed by atoms with Crippen LogP contribution in [0.1, 0.15) is 16.8 Å². The molecule has 2 aromatic carbocycles. The predicted molar refractivity (Wildman–Crippen MR) is 82.4 cm³/mol. The van der Waals surface area contributed by atoms with Crippen molar-refractivity contribution in [1.29, 1.82) is 0 Å². The Bertz CT molecular complexity index is 612. The van der Waals surface area contributed by atoms with E-state index in [1.807, 2.05) is 18.2 Å². The second-order valence-corrected chi connectivity index (χ2v) is 5.31. The number of ketones is 1. The first-order valence-electron chi connectivity index (χ1n) is 5.93. The third-order valence-electron chi connectivity index (χ3n) is 2.66. The fraction of sp³-hybridized carbons (Fsp3) is 0.133. The smallest absolute Gasteiger partial charge is 0.166 e. The summed E-state index contributed by atoms with van der Waals surface area (Å²) in [4.78, 5) is 11.9. The highest BCUT2D eigenvalue weighted by atomic mass is 35.5. The lowest BCUT2D eigenvalue weighted by molar-refractivity contribution is 0.0962. The first kappa shape index (κ1) is 15.2. The highest BCUT2D eigenvalue weighted by molar-refractivity contribution is 6.43. The maximum absolute atomic E-state index is 11.9. The van der Waals surface area contributed by atoms with E-state index >= 15 is 0 Å². The van der Waals surface area contributed by atoms with Crippen molar-refractivity contribution in [2.45, 2.75) is 6.42 Å². The van der Waals surface area contributed by atoms with Crippen molar-refractivity contribution in [3.05, 3.63) is 63.1 Å². The molecule has 0 bridgehead atoms. The van der Waals surface area contributed by atoms with Crippen LogP contribution in [0.25, 0.3) is 0 Å². The van der Waals surface area contributed by atoms with Gasteiger partial charge in [-0.1, -0.05) is 65.1 Å². The summed E-state index contributed by atoms with van der Waals surface area (Å²) in [5.74, 6) is 0.434. The van der Waals surface area contributed by atoms with Crippen LogP contribution in [0, 0.1) is 0 Å². The van der Waals surface area contributed by atoms with E-state index in [0.717, 1.165) is 0 Å². The van der Waals surface area contributed by atoms with Crippen LogP contribution in [-0.2, 0) is 0 Å². The van der Waals surface area contributed by atoms with Crippen molar-refractivity contribution >= 4 is 40.6 Å². The maximum Gasteiger partial charge on any atom is 0.166 e. The minimum atomic E-state index is 0.0155. The summed E-state index contributed by atoms with van der Waals surface area (Å²) in [5, 5.41) is 1.09. The Hall–Kier alpha value is -1.22. The van der Waals surface area contributed by atoms with Gasteiger partial charge in [-0.25, -0.2) is 0 Å². The third kappa shape index (κ3) is 3.89. The molecule has 104 valence electrons. The van der Waals surface area contributed by atoms with Gasteiger partial charge in [-0.15, -0.1) is 0 Å². The first-order chi connectivity index (χ1) is 9.58. The van der Waals surface area contributed by atoms with Gasteiger partial charge in [0.05, 0.1) is 21.7 Å². The molecule has 2 aromatic rings. The van der Waals surface area contributed by atoms with Gasteiger partial charge in [-0.2, -0.15) is 0 Å². The minimum absolute atomic E-state index is 0.0155. The standard InChI is InChI=1S/C15H11Cl3O2/c16-11-8-13(18)15(9-12(11)17)20-7-6-14(19)10-4-2-1-3-5-10/h1-5,8-9H,6-7H2. The molecule has 2 rings (SSSR count). The van der Waals surface area contributed by atoms with Crippen LogP contribution >= 0.6 is 34.8 Å². The minimum Gasteiger partial charge on any atom is -0.491 e. The molecule has 0 aliphatic rings. The molecule has 0 fully saturated rings. The molecule has 0 atom stereocenters. The molecule has 0 aliphatic heterocycles. The molecular weight excluding hydrogens is 319 g/mol. The number of rotatable bonds is 5. The molecule has 0 unspecified atom stereocenters. The van der Waals surface area contributed by atoms with Crippen LogP contribution in [0.4, 0.5) is 0 Å². The van der Waals surface area contributed by atoms with Crippen LogP contribution < -0.4 is 4.74 Å². The van der Waals surface area contributed by atoms with Gasteiger partial charge in [0.1, 0.15) is 5.75 Å². The lowest BCUT2D eigenvalue weighted by Crippen LogP contribution is -2.06. The topological polar surface area (TPSA) is 26.3 Å². The summed E-state index contributed by atoms with van der Waals surface area (Å²) in [5.41, 5.74) is 0.663. The van der Waals surface area contributed by atoms with E-state index in [9.17, 15) is 4.79 Å². The SMILES string of the molecule is O=C(CCOc1cc(Cl)c(Cl)cc1Cl)c1ccccc1. The fourth-order valence-corrected chi connectivity index (χ4v) is 2.23. The van der Waals surface area contributed by atoms with Gasteiger partial charge in [0.2, 0.25) is 0 Å². The average Bonchev–Trinajstić information content (AvgIpc) is 2.45.